The number of sulfone groups is 1. The first-order valence-corrected chi connectivity index (χ1v) is 9.93. The Morgan fingerprint density at radius 3 is 2.37 bits per heavy atom. The molecule has 0 aliphatic carbocycles. The van der Waals surface area contributed by atoms with Crippen molar-refractivity contribution >= 4 is 28.2 Å². The molecule has 156 valence electrons. The molecule has 0 heterocycles. The predicted octanol–water partition coefficient (Wildman–Crippen LogP) is 2.29. The molecular weight excluding hydrogens is 409 g/mol. The maximum absolute atomic E-state index is 13.2. The van der Waals surface area contributed by atoms with E-state index in [1.165, 1.54) is 12.1 Å². The third-order valence-corrected chi connectivity index (χ3v) is 4.33. The van der Waals surface area contributed by atoms with Crippen LogP contribution in [-0.4, -0.2) is 38.5 Å². The minimum absolute atomic E-state index is 0. The molecule has 27 heavy (non-hydrogen) atoms. The predicted molar refractivity (Wildman–Crippen MR) is 98.6 cm³/mol. The van der Waals surface area contributed by atoms with Gasteiger partial charge in [0.05, 0.1) is 23.5 Å². The van der Waals surface area contributed by atoms with Crippen LogP contribution in [0.1, 0.15) is 31.4 Å². The molecule has 0 aliphatic rings. The quantitative estimate of drug-likeness (QED) is 0.656. The Labute approximate surface area is 163 Å². The molecule has 1 aromatic carbocycles. The van der Waals surface area contributed by atoms with Crippen LogP contribution < -0.4 is 15.8 Å². The largest absolute Gasteiger partial charge is 0.491 e. The Kier molecular flexibility index (Phi) is 9.57. The van der Waals surface area contributed by atoms with Gasteiger partial charge >= 0.3 is 6.18 Å². The van der Waals surface area contributed by atoms with Crippen LogP contribution in [0.2, 0.25) is 0 Å². The molecule has 0 fully saturated rings. The zero-order valence-corrected chi connectivity index (χ0v) is 16.8. The second kappa shape index (κ2) is 10.1. The number of nitrogens with two attached hydrogens (primary N) is 1. The van der Waals surface area contributed by atoms with Crippen LogP contribution in [0.4, 0.5) is 13.2 Å². The summed E-state index contributed by atoms with van der Waals surface area (Å²) in [5.74, 6) is -0.923. The lowest BCUT2D eigenvalue weighted by molar-refractivity contribution is -0.138. The normalized spacial score (nSPS) is 13.0. The van der Waals surface area contributed by atoms with Crippen LogP contribution in [0.5, 0.6) is 5.75 Å². The van der Waals surface area contributed by atoms with Gasteiger partial charge in [0, 0.05) is 12.8 Å². The van der Waals surface area contributed by atoms with E-state index in [0.717, 1.165) is 12.3 Å². The van der Waals surface area contributed by atoms with Gasteiger partial charge < -0.3 is 15.8 Å². The number of rotatable bonds is 8. The maximum atomic E-state index is 13.2. The summed E-state index contributed by atoms with van der Waals surface area (Å²) in [4.78, 5) is 11.9. The third kappa shape index (κ3) is 9.30. The molecule has 0 bridgehead atoms. The number of halogens is 4. The minimum atomic E-state index is -4.62. The minimum Gasteiger partial charge on any atom is -0.491 e. The van der Waals surface area contributed by atoms with E-state index >= 15 is 0 Å². The van der Waals surface area contributed by atoms with Crippen molar-refractivity contribution in [3.63, 3.8) is 0 Å². The molecule has 1 aromatic rings. The van der Waals surface area contributed by atoms with Gasteiger partial charge in [-0.1, -0.05) is 6.07 Å². The molecule has 6 nitrogen and oxygen atoms in total. The topological polar surface area (TPSA) is 98.5 Å². The van der Waals surface area contributed by atoms with Crippen molar-refractivity contribution in [2.75, 3.05) is 12.0 Å². The van der Waals surface area contributed by atoms with Crippen molar-refractivity contribution in [2.24, 2.45) is 5.73 Å². The lowest BCUT2D eigenvalue weighted by Gasteiger charge is -2.17. The van der Waals surface area contributed by atoms with Gasteiger partial charge in [0.2, 0.25) is 5.91 Å². The summed E-state index contributed by atoms with van der Waals surface area (Å²) < 4.78 is 67.1. The highest BCUT2D eigenvalue weighted by molar-refractivity contribution is 7.90. The standard InChI is InChI=1S/C16H23F3N2O4S.ClH/c1-10(2)25-12-5-4-11(13(8-12)16(17,18)19)9-21-15(22)14(20)6-7-26(3,23)24;/h4-5,8,10,14H,6-7,9,20H2,1-3H3,(H,21,22);1H. The van der Waals surface area contributed by atoms with Crippen molar-refractivity contribution < 1.29 is 31.1 Å². The molecule has 1 atom stereocenters. The fourth-order valence-corrected chi connectivity index (χ4v) is 2.79. The Morgan fingerprint density at radius 1 is 1.30 bits per heavy atom. The zero-order chi connectivity index (χ0) is 20.1. The number of hydrogen-bond donors (Lipinski definition) is 2. The highest BCUT2D eigenvalue weighted by Crippen LogP contribution is 2.34. The fraction of sp³-hybridized carbons (Fsp3) is 0.562. The van der Waals surface area contributed by atoms with Crippen molar-refractivity contribution in [1.82, 2.24) is 5.32 Å². The van der Waals surface area contributed by atoms with Gasteiger partial charge in [-0.15, -0.1) is 12.4 Å². The summed E-state index contributed by atoms with van der Waals surface area (Å²) in [5.41, 5.74) is 4.52. The maximum Gasteiger partial charge on any atom is 0.416 e. The Hall–Kier alpha value is -1.52. The number of ether oxygens (including phenoxy) is 1. The molecule has 1 amide bonds. The summed E-state index contributed by atoms with van der Waals surface area (Å²) in [6.07, 6.45) is -4.00. The van der Waals surface area contributed by atoms with Crippen molar-refractivity contribution in [3.8, 4) is 5.75 Å². The summed E-state index contributed by atoms with van der Waals surface area (Å²) >= 11 is 0. The van der Waals surface area contributed by atoms with E-state index < -0.39 is 33.5 Å². The van der Waals surface area contributed by atoms with E-state index in [-0.39, 0.29) is 48.5 Å². The van der Waals surface area contributed by atoms with Crippen LogP contribution in [0.25, 0.3) is 0 Å². The highest BCUT2D eigenvalue weighted by atomic mass is 35.5. The highest BCUT2D eigenvalue weighted by Gasteiger charge is 2.34. The van der Waals surface area contributed by atoms with E-state index in [1.807, 2.05) is 0 Å². The van der Waals surface area contributed by atoms with Crippen LogP contribution >= 0.6 is 12.4 Å². The molecule has 0 radical (unpaired) electrons. The Bertz CT molecular complexity index is 740. The van der Waals surface area contributed by atoms with Gasteiger partial charge in [-0.25, -0.2) is 8.42 Å². The number of carbonyl (C=O) groups excluding carboxylic acids is 1. The first-order valence-electron chi connectivity index (χ1n) is 7.87. The monoisotopic (exact) mass is 432 g/mol. The second-order valence-electron chi connectivity index (χ2n) is 6.23. The summed E-state index contributed by atoms with van der Waals surface area (Å²) in [5, 5.41) is 2.31. The van der Waals surface area contributed by atoms with Crippen molar-refractivity contribution in [1.29, 1.82) is 0 Å². The average Bonchev–Trinajstić information content (AvgIpc) is 2.48. The van der Waals surface area contributed by atoms with Crippen LogP contribution in [0.15, 0.2) is 18.2 Å². The fourth-order valence-electron chi connectivity index (χ4n) is 2.10. The molecule has 0 spiro atoms. The van der Waals surface area contributed by atoms with Gasteiger partial charge in [0.25, 0.3) is 0 Å². The SMILES string of the molecule is CC(C)Oc1ccc(CNC(=O)C(N)CCS(C)(=O)=O)c(C(F)(F)F)c1.Cl. The van der Waals surface area contributed by atoms with Gasteiger partial charge in [-0.3, -0.25) is 4.79 Å². The van der Waals surface area contributed by atoms with Gasteiger partial charge in [-0.2, -0.15) is 13.2 Å². The Morgan fingerprint density at radius 2 is 1.89 bits per heavy atom. The summed E-state index contributed by atoms with van der Waals surface area (Å²) in [6, 6.07) is 2.37. The van der Waals surface area contributed by atoms with Gasteiger partial charge in [0.15, 0.2) is 0 Å². The first kappa shape index (κ1) is 25.5. The van der Waals surface area contributed by atoms with Gasteiger partial charge in [0.1, 0.15) is 15.6 Å². The number of hydrogen-bond acceptors (Lipinski definition) is 5. The summed E-state index contributed by atoms with van der Waals surface area (Å²) in [6.45, 7) is 3.00. The molecule has 11 heteroatoms. The molecular formula is C16H24ClF3N2O4S. The lowest BCUT2D eigenvalue weighted by Crippen LogP contribution is -2.41. The molecule has 0 aromatic heterocycles. The number of benzene rings is 1. The van der Waals surface area contributed by atoms with Gasteiger partial charge in [-0.05, 0) is 38.0 Å². The number of amides is 1. The summed E-state index contributed by atoms with van der Waals surface area (Å²) in [7, 11) is -3.28. The third-order valence-electron chi connectivity index (χ3n) is 3.35. The number of alkyl halides is 3. The molecule has 0 saturated carbocycles. The van der Waals surface area contributed by atoms with Crippen molar-refractivity contribution in [3.05, 3.63) is 29.3 Å². The van der Waals surface area contributed by atoms with E-state index in [2.05, 4.69) is 5.32 Å². The smallest absolute Gasteiger partial charge is 0.416 e. The second-order valence-corrected chi connectivity index (χ2v) is 8.49. The average molecular weight is 433 g/mol. The number of carbonyl (C=O) groups is 1. The molecule has 1 rings (SSSR count). The van der Waals surface area contributed by atoms with E-state index in [1.54, 1.807) is 13.8 Å². The van der Waals surface area contributed by atoms with E-state index in [9.17, 15) is 26.4 Å². The van der Waals surface area contributed by atoms with E-state index in [0.29, 0.717) is 0 Å². The first-order chi connectivity index (χ1) is 11.8. The van der Waals surface area contributed by atoms with Crippen LogP contribution in [-0.2, 0) is 27.4 Å². The van der Waals surface area contributed by atoms with Crippen LogP contribution in [0.3, 0.4) is 0 Å². The lowest BCUT2D eigenvalue weighted by atomic mass is 10.1. The van der Waals surface area contributed by atoms with E-state index in [4.69, 9.17) is 10.5 Å². The zero-order valence-electron chi connectivity index (χ0n) is 15.2. The molecule has 0 saturated heterocycles. The molecule has 1 unspecified atom stereocenters. The Balaban J connectivity index is 0.00000676. The van der Waals surface area contributed by atoms with Crippen LogP contribution in [0, 0.1) is 0 Å². The number of nitrogens with one attached hydrogen (secondary N) is 1. The van der Waals surface area contributed by atoms with Crippen molar-refractivity contribution in [2.45, 2.75) is 45.1 Å². The molecule has 0 aliphatic heterocycles. The molecule has 3 N–H and O–H groups in total.